The van der Waals surface area contributed by atoms with Gasteiger partial charge in [-0.15, -0.1) is 0 Å². The SMILES string of the molecule is C/C(=C\c1ccc(F)cc1)C(=O)C(F)(F)F. The van der Waals surface area contributed by atoms with Crippen molar-refractivity contribution >= 4 is 11.9 Å². The van der Waals surface area contributed by atoms with Crippen molar-refractivity contribution < 1.29 is 22.4 Å². The number of hydrogen-bond acceptors (Lipinski definition) is 1. The van der Waals surface area contributed by atoms with Gasteiger partial charge >= 0.3 is 6.18 Å². The minimum Gasteiger partial charge on any atom is -0.284 e. The summed E-state index contributed by atoms with van der Waals surface area (Å²) in [5, 5.41) is 0. The van der Waals surface area contributed by atoms with Crippen LogP contribution in [0.25, 0.3) is 6.08 Å². The van der Waals surface area contributed by atoms with Gasteiger partial charge in [0.1, 0.15) is 5.82 Å². The molecule has 1 aromatic rings. The average molecular weight is 232 g/mol. The lowest BCUT2D eigenvalue weighted by Crippen LogP contribution is -2.23. The standard InChI is InChI=1S/C11H8F4O/c1-7(10(16)11(13,14)15)6-8-2-4-9(12)5-3-8/h2-6H,1H3/b7-6+. The predicted octanol–water partition coefficient (Wildman–Crippen LogP) is 3.36. The lowest BCUT2D eigenvalue weighted by molar-refractivity contribution is -0.166. The van der Waals surface area contributed by atoms with E-state index in [1.54, 1.807) is 0 Å². The van der Waals surface area contributed by atoms with Crippen LogP contribution in [0.2, 0.25) is 0 Å². The maximum Gasteiger partial charge on any atom is 0.454 e. The lowest BCUT2D eigenvalue weighted by atomic mass is 10.1. The number of rotatable bonds is 2. The first-order chi connectivity index (χ1) is 7.30. The molecule has 0 unspecified atom stereocenters. The first kappa shape index (κ1) is 12.4. The second-order valence-corrected chi connectivity index (χ2v) is 3.21. The summed E-state index contributed by atoms with van der Waals surface area (Å²) in [6.45, 7) is 1.07. The molecular formula is C11H8F4O. The number of hydrogen-bond donors (Lipinski definition) is 0. The second-order valence-electron chi connectivity index (χ2n) is 3.21. The van der Waals surface area contributed by atoms with Crippen LogP contribution < -0.4 is 0 Å². The summed E-state index contributed by atoms with van der Waals surface area (Å²) in [4.78, 5) is 10.8. The van der Waals surface area contributed by atoms with E-state index in [1.807, 2.05) is 0 Å². The van der Waals surface area contributed by atoms with Crippen LogP contribution in [-0.2, 0) is 4.79 Å². The smallest absolute Gasteiger partial charge is 0.284 e. The summed E-state index contributed by atoms with van der Waals surface area (Å²) < 4.78 is 48.6. The summed E-state index contributed by atoms with van der Waals surface area (Å²) in [7, 11) is 0. The first-order valence-electron chi connectivity index (χ1n) is 4.36. The van der Waals surface area contributed by atoms with Gasteiger partial charge in [-0.2, -0.15) is 13.2 Å². The van der Waals surface area contributed by atoms with E-state index in [2.05, 4.69) is 0 Å². The van der Waals surface area contributed by atoms with Crippen molar-refractivity contribution in [2.75, 3.05) is 0 Å². The maximum absolute atomic E-state index is 12.5. The molecule has 0 atom stereocenters. The molecule has 1 nitrogen and oxygen atoms in total. The number of carbonyl (C=O) groups is 1. The quantitative estimate of drug-likeness (QED) is 0.564. The van der Waals surface area contributed by atoms with Crippen LogP contribution in [-0.4, -0.2) is 12.0 Å². The Morgan fingerprint density at radius 2 is 1.69 bits per heavy atom. The average Bonchev–Trinajstić information content (AvgIpc) is 2.19. The van der Waals surface area contributed by atoms with Gasteiger partial charge < -0.3 is 0 Å². The Hall–Kier alpha value is -1.65. The number of ketones is 1. The number of benzene rings is 1. The monoisotopic (exact) mass is 232 g/mol. The fraction of sp³-hybridized carbons (Fsp3) is 0.182. The zero-order valence-corrected chi connectivity index (χ0v) is 8.31. The highest BCUT2D eigenvalue weighted by Crippen LogP contribution is 2.21. The largest absolute Gasteiger partial charge is 0.454 e. The summed E-state index contributed by atoms with van der Waals surface area (Å²) in [6.07, 6.45) is -3.81. The van der Waals surface area contributed by atoms with E-state index in [0.717, 1.165) is 25.1 Å². The van der Waals surface area contributed by atoms with Crippen LogP contribution in [0.5, 0.6) is 0 Å². The van der Waals surface area contributed by atoms with Gasteiger partial charge in [0.25, 0.3) is 5.78 Å². The summed E-state index contributed by atoms with van der Waals surface area (Å²) in [5.74, 6) is -2.38. The third kappa shape index (κ3) is 3.18. The molecule has 0 aliphatic heterocycles. The van der Waals surface area contributed by atoms with Crippen LogP contribution in [0.3, 0.4) is 0 Å². The molecule has 0 aromatic heterocycles. The van der Waals surface area contributed by atoms with Gasteiger partial charge in [0.2, 0.25) is 0 Å². The van der Waals surface area contributed by atoms with E-state index in [9.17, 15) is 22.4 Å². The van der Waals surface area contributed by atoms with Crippen molar-refractivity contribution in [2.45, 2.75) is 13.1 Å². The van der Waals surface area contributed by atoms with Crippen LogP contribution in [0, 0.1) is 5.82 Å². The highest BCUT2D eigenvalue weighted by Gasteiger charge is 2.38. The minimum absolute atomic E-state index is 0.344. The fourth-order valence-electron chi connectivity index (χ4n) is 1.10. The van der Waals surface area contributed by atoms with Crippen molar-refractivity contribution in [3.05, 3.63) is 41.2 Å². The molecule has 0 heterocycles. The van der Waals surface area contributed by atoms with E-state index in [0.29, 0.717) is 5.56 Å². The van der Waals surface area contributed by atoms with E-state index in [1.165, 1.54) is 12.1 Å². The summed E-state index contributed by atoms with van der Waals surface area (Å²) in [5.41, 5.74) is -0.0874. The molecule has 0 fully saturated rings. The third-order valence-electron chi connectivity index (χ3n) is 1.87. The summed E-state index contributed by atoms with van der Waals surface area (Å²) >= 11 is 0. The Morgan fingerprint density at radius 3 is 2.12 bits per heavy atom. The second kappa shape index (κ2) is 4.47. The van der Waals surface area contributed by atoms with E-state index >= 15 is 0 Å². The van der Waals surface area contributed by atoms with E-state index in [-0.39, 0.29) is 0 Å². The Morgan fingerprint density at radius 1 is 1.19 bits per heavy atom. The number of allylic oxidation sites excluding steroid dienone is 1. The lowest BCUT2D eigenvalue weighted by Gasteiger charge is -2.04. The van der Waals surface area contributed by atoms with Gasteiger partial charge in [-0.25, -0.2) is 4.39 Å². The Bertz CT molecular complexity index is 415. The van der Waals surface area contributed by atoms with Crippen molar-refractivity contribution in [3.8, 4) is 0 Å². The van der Waals surface area contributed by atoms with Gasteiger partial charge in [-0.1, -0.05) is 12.1 Å². The van der Waals surface area contributed by atoms with Crippen LogP contribution in [0.1, 0.15) is 12.5 Å². The molecule has 5 heteroatoms. The molecule has 0 saturated heterocycles. The molecular weight excluding hydrogens is 224 g/mol. The topological polar surface area (TPSA) is 17.1 Å². The van der Waals surface area contributed by atoms with E-state index in [4.69, 9.17) is 0 Å². The molecule has 0 bridgehead atoms. The number of carbonyl (C=O) groups excluding carboxylic acids is 1. The fourth-order valence-corrected chi connectivity index (χ4v) is 1.10. The van der Waals surface area contributed by atoms with Crippen molar-refractivity contribution in [2.24, 2.45) is 0 Å². The highest BCUT2D eigenvalue weighted by molar-refractivity contribution is 6.02. The van der Waals surface area contributed by atoms with Crippen LogP contribution in [0.4, 0.5) is 17.6 Å². The minimum atomic E-state index is -4.87. The van der Waals surface area contributed by atoms with Gasteiger partial charge in [0, 0.05) is 5.57 Å². The van der Waals surface area contributed by atoms with Crippen LogP contribution in [0.15, 0.2) is 29.8 Å². The molecule has 0 aliphatic carbocycles. The zero-order valence-electron chi connectivity index (χ0n) is 8.31. The molecule has 0 saturated carbocycles. The van der Waals surface area contributed by atoms with Crippen molar-refractivity contribution in [3.63, 3.8) is 0 Å². The zero-order chi connectivity index (χ0) is 12.3. The Labute approximate surface area is 89.4 Å². The van der Waals surface area contributed by atoms with Gasteiger partial charge in [0.05, 0.1) is 0 Å². The van der Waals surface area contributed by atoms with Gasteiger partial charge in [-0.3, -0.25) is 4.79 Å². The Kier molecular flexibility index (Phi) is 3.47. The summed E-state index contributed by atoms with van der Waals surface area (Å²) in [6, 6.07) is 4.80. The number of halogens is 4. The molecule has 16 heavy (non-hydrogen) atoms. The predicted molar refractivity (Wildman–Crippen MR) is 51.1 cm³/mol. The number of alkyl halides is 3. The molecule has 1 rings (SSSR count). The highest BCUT2D eigenvalue weighted by atomic mass is 19.4. The number of Topliss-reactive ketones (excluding diaryl/α,β-unsaturated/α-hetero) is 1. The van der Waals surface area contributed by atoms with Crippen LogP contribution >= 0.6 is 0 Å². The van der Waals surface area contributed by atoms with E-state index < -0.39 is 23.3 Å². The molecule has 0 aliphatic rings. The Balaban J connectivity index is 2.93. The molecule has 0 amide bonds. The molecule has 86 valence electrons. The molecule has 1 aromatic carbocycles. The molecule has 0 spiro atoms. The molecule has 0 N–H and O–H groups in total. The third-order valence-corrected chi connectivity index (χ3v) is 1.87. The first-order valence-corrected chi connectivity index (χ1v) is 4.36. The maximum atomic E-state index is 12.5. The molecule has 0 radical (unpaired) electrons. The van der Waals surface area contributed by atoms with Crippen molar-refractivity contribution in [1.82, 2.24) is 0 Å². The van der Waals surface area contributed by atoms with Gasteiger partial charge in [-0.05, 0) is 30.7 Å². The van der Waals surface area contributed by atoms with Crippen molar-refractivity contribution in [1.29, 1.82) is 0 Å². The van der Waals surface area contributed by atoms with Gasteiger partial charge in [0.15, 0.2) is 0 Å². The normalized spacial score (nSPS) is 12.7.